The van der Waals surface area contributed by atoms with Crippen LogP contribution < -0.4 is 10.2 Å². The van der Waals surface area contributed by atoms with Gasteiger partial charge in [-0.2, -0.15) is 4.31 Å². The first-order valence-electron chi connectivity index (χ1n) is 10.1. The van der Waals surface area contributed by atoms with Crippen LogP contribution in [0.3, 0.4) is 0 Å². The fraction of sp³-hybridized carbons (Fsp3) is 0.217. The summed E-state index contributed by atoms with van der Waals surface area (Å²) in [5, 5.41) is 9.25. The Morgan fingerprint density at radius 3 is 2.21 bits per heavy atom. The molecule has 0 fully saturated rings. The van der Waals surface area contributed by atoms with Crippen LogP contribution >= 0.6 is 15.9 Å². The Bertz CT molecular complexity index is 1170. The summed E-state index contributed by atoms with van der Waals surface area (Å²) in [5.74, 6) is -0.161. The van der Waals surface area contributed by atoms with Gasteiger partial charge in [0.25, 0.3) is 5.91 Å². The second-order valence-corrected chi connectivity index (χ2v) is 10.4. The number of hydroxylamine groups is 1. The first kappa shape index (κ1) is 24.8. The summed E-state index contributed by atoms with van der Waals surface area (Å²) in [6.07, 6.45) is 3.11. The highest BCUT2D eigenvalue weighted by molar-refractivity contribution is 9.10. The lowest BCUT2D eigenvalue weighted by Gasteiger charge is -2.32. The molecule has 1 aromatic heterocycles. The molecule has 174 valence electrons. The summed E-state index contributed by atoms with van der Waals surface area (Å²) in [7, 11) is -4.12. The van der Waals surface area contributed by atoms with Gasteiger partial charge in [-0.05, 0) is 66.1 Å². The molecule has 10 heteroatoms. The van der Waals surface area contributed by atoms with Crippen molar-refractivity contribution >= 4 is 31.9 Å². The first-order valence-corrected chi connectivity index (χ1v) is 12.3. The molecule has 0 bridgehead atoms. The van der Waals surface area contributed by atoms with Crippen LogP contribution in [-0.2, 0) is 21.4 Å². The molecule has 0 aliphatic heterocycles. The number of hydrogen-bond acceptors (Lipinski definition) is 6. The van der Waals surface area contributed by atoms with E-state index < -0.39 is 27.9 Å². The highest BCUT2D eigenvalue weighted by Crippen LogP contribution is 2.28. The SMILES string of the molecule is CC(C)C(C(=O)NO)N(Cc1cccnc1)S(=O)(=O)c1ccc(Oc2ccc(Br)cc2)cc1. The third-order valence-electron chi connectivity index (χ3n) is 4.86. The van der Waals surface area contributed by atoms with Crippen molar-refractivity contribution in [2.75, 3.05) is 0 Å². The van der Waals surface area contributed by atoms with Crippen LogP contribution in [0.4, 0.5) is 0 Å². The molecule has 0 aliphatic rings. The lowest BCUT2D eigenvalue weighted by molar-refractivity contribution is -0.134. The lowest BCUT2D eigenvalue weighted by Crippen LogP contribution is -2.51. The number of halogens is 1. The number of nitrogens with zero attached hydrogens (tertiary/aromatic N) is 2. The third-order valence-corrected chi connectivity index (χ3v) is 7.23. The van der Waals surface area contributed by atoms with E-state index in [1.165, 1.54) is 18.3 Å². The maximum Gasteiger partial charge on any atom is 0.262 e. The van der Waals surface area contributed by atoms with Gasteiger partial charge < -0.3 is 4.74 Å². The third kappa shape index (κ3) is 6.17. The summed E-state index contributed by atoms with van der Waals surface area (Å²) in [6, 6.07) is 15.5. The van der Waals surface area contributed by atoms with Gasteiger partial charge in [0.05, 0.1) is 4.90 Å². The minimum atomic E-state index is -4.12. The first-order chi connectivity index (χ1) is 15.7. The number of pyridine rings is 1. The molecule has 3 aromatic rings. The molecule has 0 aliphatic carbocycles. The van der Waals surface area contributed by atoms with Crippen LogP contribution in [0.25, 0.3) is 0 Å². The summed E-state index contributed by atoms with van der Waals surface area (Å²) >= 11 is 3.36. The zero-order valence-electron chi connectivity index (χ0n) is 18.1. The maximum atomic E-state index is 13.6. The Labute approximate surface area is 201 Å². The Balaban J connectivity index is 1.94. The molecular formula is C23H24BrN3O5S. The molecule has 3 rings (SSSR count). The number of carbonyl (C=O) groups excluding carboxylic acids is 1. The molecule has 8 nitrogen and oxygen atoms in total. The Morgan fingerprint density at radius 1 is 1.09 bits per heavy atom. The minimum Gasteiger partial charge on any atom is -0.457 e. The largest absolute Gasteiger partial charge is 0.457 e. The van der Waals surface area contributed by atoms with Crippen LogP contribution in [0.2, 0.25) is 0 Å². The van der Waals surface area contributed by atoms with E-state index >= 15 is 0 Å². The molecule has 0 saturated heterocycles. The number of nitrogens with one attached hydrogen (secondary N) is 1. The molecule has 1 atom stereocenters. The van der Waals surface area contributed by atoms with E-state index in [0.29, 0.717) is 17.1 Å². The van der Waals surface area contributed by atoms with Crippen LogP contribution in [-0.4, -0.2) is 34.9 Å². The van der Waals surface area contributed by atoms with E-state index in [0.717, 1.165) is 8.78 Å². The predicted molar refractivity (Wildman–Crippen MR) is 126 cm³/mol. The van der Waals surface area contributed by atoms with Gasteiger partial charge in [0.2, 0.25) is 10.0 Å². The number of aromatic nitrogens is 1. The molecule has 0 spiro atoms. The normalized spacial score (nSPS) is 12.5. The zero-order valence-corrected chi connectivity index (χ0v) is 20.5. The number of ether oxygens (including phenoxy) is 1. The van der Waals surface area contributed by atoms with Crippen molar-refractivity contribution in [3.05, 3.63) is 83.1 Å². The highest BCUT2D eigenvalue weighted by Gasteiger charge is 2.38. The quantitative estimate of drug-likeness (QED) is 0.312. The maximum absolute atomic E-state index is 13.6. The standard InChI is InChI=1S/C23H24BrN3O5S/c1-16(2)22(23(28)26-29)27(15-17-4-3-13-25-14-17)33(30,31)21-11-9-20(10-12-21)32-19-7-5-18(24)6-8-19/h3-14,16,22,29H,15H2,1-2H3,(H,26,28). The van der Waals surface area contributed by atoms with E-state index in [9.17, 15) is 18.4 Å². The van der Waals surface area contributed by atoms with Gasteiger partial charge in [-0.3, -0.25) is 15.0 Å². The number of amides is 1. The van der Waals surface area contributed by atoms with Crippen molar-refractivity contribution in [3.63, 3.8) is 0 Å². The smallest absolute Gasteiger partial charge is 0.262 e. The topological polar surface area (TPSA) is 109 Å². The fourth-order valence-corrected chi connectivity index (χ4v) is 5.26. The molecule has 2 aromatic carbocycles. The summed E-state index contributed by atoms with van der Waals surface area (Å²) in [5.41, 5.74) is 2.20. The van der Waals surface area contributed by atoms with E-state index in [1.54, 1.807) is 61.9 Å². The Morgan fingerprint density at radius 2 is 1.70 bits per heavy atom. The van der Waals surface area contributed by atoms with Crippen molar-refractivity contribution in [3.8, 4) is 11.5 Å². The molecular weight excluding hydrogens is 510 g/mol. The van der Waals surface area contributed by atoms with Crippen molar-refractivity contribution in [2.45, 2.75) is 31.3 Å². The minimum absolute atomic E-state index is 0.00839. The summed E-state index contributed by atoms with van der Waals surface area (Å²) in [6.45, 7) is 3.32. The predicted octanol–water partition coefficient (Wildman–Crippen LogP) is 4.36. The molecule has 0 saturated carbocycles. The van der Waals surface area contributed by atoms with Crippen LogP contribution in [0.5, 0.6) is 11.5 Å². The average molecular weight is 534 g/mol. The second-order valence-electron chi connectivity index (χ2n) is 7.60. The van der Waals surface area contributed by atoms with Gasteiger partial charge in [-0.25, -0.2) is 13.9 Å². The summed E-state index contributed by atoms with van der Waals surface area (Å²) < 4.78 is 35.0. The van der Waals surface area contributed by atoms with Crippen molar-refractivity contribution in [1.82, 2.24) is 14.8 Å². The Kier molecular flexibility index (Phi) is 8.20. The molecule has 1 unspecified atom stereocenters. The van der Waals surface area contributed by atoms with Gasteiger partial charge in [0.15, 0.2) is 0 Å². The van der Waals surface area contributed by atoms with Crippen LogP contribution in [0, 0.1) is 5.92 Å². The monoisotopic (exact) mass is 533 g/mol. The number of sulfonamides is 1. The van der Waals surface area contributed by atoms with Crippen molar-refractivity contribution < 1.29 is 23.2 Å². The lowest BCUT2D eigenvalue weighted by atomic mass is 10.0. The van der Waals surface area contributed by atoms with Gasteiger partial charge in [-0.1, -0.05) is 35.8 Å². The van der Waals surface area contributed by atoms with E-state index in [2.05, 4.69) is 20.9 Å². The van der Waals surface area contributed by atoms with Gasteiger partial charge in [-0.15, -0.1) is 0 Å². The summed E-state index contributed by atoms with van der Waals surface area (Å²) in [4.78, 5) is 16.5. The molecule has 1 amide bonds. The molecule has 2 N–H and O–H groups in total. The molecule has 33 heavy (non-hydrogen) atoms. The highest BCUT2D eigenvalue weighted by atomic mass is 79.9. The second kappa shape index (κ2) is 10.9. The van der Waals surface area contributed by atoms with Gasteiger partial charge >= 0.3 is 0 Å². The number of rotatable bonds is 9. The number of hydrogen-bond donors (Lipinski definition) is 2. The van der Waals surface area contributed by atoms with Gasteiger partial charge in [0.1, 0.15) is 17.5 Å². The van der Waals surface area contributed by atoms with Crippen LogP contribution in [0.15, 0.2) is 82.4 Å². The van der Waals surface area contributed by atoms with Crippen molar-refractivity contribution in [1.29, 1.82) is 0 Å². The van der Waals surface area contributed by atoms with Crippen LogP contribution in [0.1, 0.15) is 19.4 Å². The fourth-order valence-electron chi connectivity index (χ4n) is 3.29. The number of carbonyl (C=O) groups is 1. The zero-order chi connectivity index (χ0) is 24.0. The van der Waals surface area contributed by atoms with E-state index in [-0.39, 0.29) is 11.4 Å². The van der Waals surface area contributed by atoms with Gasteiger partial charge in [0, 0.05) is 23.4 Å². The van der Waals surface area contributed by atoms with E-state index in [4.69, 9.17) is 4.74 Å². The molecule has 0 radical (unpaired) electrons. The van der Waals surface area contributed by atoms with E-state index in [1.807, 2.05) is 12.1 Å². The molecule has 1 heterocycles. The Hall–Kier alpha value is -2.79. The number of benzene rings is 2. The van der Waals surface area contributed by atoms with Crippen molar-refractivity contribution in [2.24, 2.45) is 5.92 Å². The average Bonchev–Trinajstić information content (AvgIpc) is 2.81.